The molecular formula is C17H27N3O2. The summed E-state index contributed by atoms with van der Waals surface area (Å²) in [6, 6.07) is 7.14. The van der Waals surface area contributed by atoms with Crippen molar-refractivity contribution in [2.24, 2.45) is 5.73 Å². The van der Waals surface area contributed by atoms with Crippen LogP contribution >= 0.6 is 0 Å². The number of aryl methyl sites for hydroxylation is 1. The lowest BCUT2D eigenvalue weighted by molar-refractivity contribution is -0.122. The molecule has 1 aromatic rings. The summed E-state index contributed by atoms with van der Waals surface area (Å²) in [6.45, 7) is 10.1. The van der Waals surface area contributed by atoms with E-state index in [0.29, 0.717) is 6.54 Å². The predicted octanol–water partition coefficient (Wildman–Crippen LogP) is 1.22. The van der Waals surface area contributed by atoms with Crippen molar-refractivity contribution in [2.75, 3.05) is 32.8 Å². The number of nitrogens with two attached hydrogens (primary N) is 1. The zero-order valence-electron chi connectivity index (χ0n) is 13.8. The van der Waals surface area contributed by atoms with Gasteiger partial charge in [0, 0.05) is 25.2 Å². The molecular weight excluding hydrogens is 278 g/mol. The highest BCUT2D eigenvalue weighted by Crippen LogP contribution is 2.18. The van der Waals surface area contributed by atoms with Crippen molar-refractivity contribution in [3.05, 3.63) is 35.4 Å². The van der Waals surface area contributed by atoms with Gasteiger partial charge in [-0.1, -0.05) is 29.8 Å². The zero-order chi connectivity index (χ0) is 16.2. The van der Waals surface area contributed by atoms with E-state index in [0.717, 1.165) is 37.4 Å². The average molecular weight is 305 g/mol. The van der Waals surface area contributed by atoms with Gasteiger partial charge in [-0.25, -0.2) is 0 Å². The lowest BCUT2D eigenvalue weighted by Crippen LogP contribution is -2.55. The van der Waals surface area contributed by atoms with Crippen LogP contribution in [0, 0.1) is 6.92 Å². The first-order valence-electron chi connectivity index (χ1n) is 7.83. The van der Waals surface area contributed by atoms with E-state index in [1.54, 1.807) is 0 Å². The molecule has 0 bridgehead atoms. The van der Waals surface area contributed by atoms with E-state index in [9.17, 15) is 4.79 Å². The third kappa shape index (κ3) is 4.29. The summed E-state index contributed by atoms with van der Waals surface area (Å²) in [4.78, 5) is 14.5. The topological polar surface area (TPSA) is 67.6 Å². The quantitative estimate of drug-likeness (QED) is 0.858. The number of benzene rings is 1. The van der Waals surface area contributed by atoms with Crippen LogP contribution in [-0.4, -0.2) is 49.2 Å². The number of carbonyl (C=O) groups excluding carboxylic acids is 1. The van der Waals surface area contributed by atoms with E-state index in [1.807, 2.05) is 31.2 Å². The molecule has 122 valence electrons. The first kappa shape index (κ1) is 16.9. The number of ether oxygens (including phenoxy) is 1. The van der Waals surface area contributed by atoms with Crippen molar-refractivity contribution in [2.45, 2.75) is 32.4 Å². The Kier molecular flexibility index (Phi) is 5.56. The summed E-state index contributed by atoms with van der Waals surface area (Å²) >= 11 is 0. The lowest BCUT2D eigenvalue weighted by Gasteiger charge is -2.42. The minimum atomic E-state index is -0.613. The number of amides is 1. The molecule has 1 saturated heterocycles. The van der Waals surface area contributed by atoms with Gasteiger partial charge in [0.25, 0.3) is 0 Å². The number of morpholine rings is 1. The second-order valence-electron chi connectivity index (χ2n) is 6.53. The fourth-order valence-corrected chi connectivity index (χ4v) is 2.65. The van der Waals surface area contributed by atoms with E-state index in [2.05, 4.69) is 24.1 Å². The van der Waals surface area contributed by atoms with Crippen molar-refractivity contribution in [3.8, 4) is 0 Å². The van der Waals surface area contributed by atoms with E-state index >= 15 is 0 Å². The number of nitrogens with one attached hydrogen (secondary N) is 1. The molecule has 1 aliphatic heterocycles. The third-order valence-electron chi connectivity index (χ3n) is 4.22. The molecule has 5 heteroatoms. The number of hydrogen-bond donors (Lipinski definition) is 2. The summed E-state index contributed by atoms with van der Waals surface area (Å²) in [5.41, 5.74) is 8.03. The number of carbonyl (C=O) groups is 1. The second kappa shape index (κ2) is 7.22. The molecule has 22 heavy (non-hydrogen) atoms. The van der Waals surface area contributed by atoms with Crippen LogP contribution in [0.3, 0.4) is 0 Å². The van der Waals surface area contributed by atoms with E-state index in [4.69, 9.17) is 10.5 Å². The van der Waals surface area contributed by atoms with Crippen molar-refractivity contribution in [3.63, 3.8) is 0 Å². The fraction of sp³-hybridized carbons (Fsp3) is 0.588. The predicted molar refractivity (Wildman–Crippen MR) is 87.6 cm³/mol. The van der Waals surface area contributed by atoms with Crippen LogP contribution in [0.1, 0.15) is 31.0 Å². The minimum Gasteiger partial charge on any atom is -0.378 e. The third-order valence-corrected chi connectivity index (χ3v) is 4.22. The maximum atomic E-state index is 12.2. The first-order valence-corrected chi connectivity index (χ1v) is 7.83. The van der Waals surface area contributed by atoms with Gasteiger partial charge in [0.1, 0.15) is 6.04 Å². The molecule has 0 saturated carbocycles. The van der Waals surface area contributed by atoms with Crippen LogP contribution in [0.2, 0.25) is 0 Å². The monoisotopic (exact) mass is 305 g/mol. The van der Waals surface area contributed by atoms with Gasteiger partial charge < -0.3 is 15.8 Å². The highest BCUT2D eigenvalue weighted by atomic mass is 16.5. The van der Waals surface area contributed by atoms with Crippen molar-refractivity contribution < 1.29 is 9.53 Å². The lowest BCUT2D eigenvalue weighted by atomic mass is 10.0. The van der Waals surface area contributed by atoms with E-state index in [1.165, 1.54) is 0 Å². The summed E-state index contributed by atoms with van der Waals surface area (Å²) in [6.07, 6.45) is 0. The van der Waals surface area contributed by atoms with E-state index < -0.39 is 6.04 Å². The Morgan fingerprint density at radius 2 is 2.09 bits per heavy atom. The summed E-state index contributed by atoms with van der Waals surface area (Å²) in [5, 5.41) is 2.93. The molecule has 1 aliphatic rings. The SMILES string of the molecule is Cc1ccc(C(N)C(=O)NCCN2CCOCC2(C)C)cc1. The molecule has 0 aliphatic carbocycles. The standard InChI is InChI=1S/C17H27N3O2/c1-13-4-6-14(7-5-13)15(18)16(21)19-8-9-20-10-11-22-12-17(20,2)3/h4-7,15H,8-12,18H2,1-3H3,(H,19,21). The minimum absolute atomic E-state index is 0.0159. The molecule has 0 spiro atoms. The number of nitrogens with zero attached hydrogens (tertiary/aromatic N) is 1. The largest absolute Gasteiger partial charge is 0.378 e. The van der Waals surface area contributed by atoms with Crippen LogP contribution in [0.4, 0.5) is 0 Å². The highest BCUT2D eigenvalue weighted by Gasteiger charge is 2.30. The van der Waals surface area contributed by atoms with Crippen LogP contribution in [-0.2, 0) is 9.53 Å². The van der Waals surface area contributed by atoms with Crippen molar-refractivity contribution >= 4 is 5.91 Å². The average Bonchev–Trinajstić information content (AvgIpc) is 2.48. The van der Waals surface area contributed by atoms with Gasteiger partial charge in [-0.3, -0.25) is 9.69 Å². The smallest absolute Gasteiger partial charge is 0.241 e. The van der Waals surface area contributed by atoms with Gasteiger partial charge in [-0.15, -0.1) is 0 Å². The van der Waals surface area contributed by atoms with Crippen molar-refractivity contribution in [1.82, 2.24) is 10.2 Å². The van der Waals surface area contributed by atoms with Crippen LogP contribution in [0.5, 0.6) is 0 Å². The highest BCUT2D eigenvalue weighted by molar-refractivity contribution is 5.82. The molecule has 1 aromatic carbocycles. The summed E-state index contributed by atoms with van der Waals surface area (Å²) in [5.74, 6) is -0.130. The first-order chi connectivity index (χ1) is 10.4. The van der Waals surface area contributed by atoms with Crippen LogP contribution in [0.15, 0.2) is 24.3 Å². The zero-order valence-corrected chi connectivity index (χ0v) is 13.8. The van der Waals surface area contributed by atoms with Crippen LogP contribution in [0.25, 0.3) is 0 Å². The number of hydrogen-bond acceptors (Lipinski definition) is 4. The Morgan fingerprint density at radius 1 is 1.41 bits per heavy atom. The van der Waals surface area contributed by atoms with Gasteiger partial charge in [-0.2, -0.15) is 0 Å². The molecule has 3 N–H and O–H groups in total. The van der Waals surface area contributed by atoms with Gasteiger partial charge in [0.15, 0.2) is 0 Å². The van der Waals surface area contributed by atoms with Gasteiger partial charge >= 0.3 is 0 Å². The maximum Gasteiger partial charge on any atom is 0.241 e. The summed E-state index contributed by atoms with van der Waals surface area (Å²) < 4.78 is 5.50. The molecule has 1 unspecified atom stereocenters. The molecule has 1 heterocycles. The Balaban J connectivity index is 1.81. The molecule has 0 aromatic heterocycles. The Hall–Kier alpha value is -1.43. The van der Waals surface area contributed by atoms with E-state index in [-0.39, 0.29) is 11.4 Å². The second-order valence-corrected chi connectivity index (χ2v) is 6.53. The van der Waals surface area contributed by atoms with Crippen LogP contribution < -0.4 is 11.1 Å². The Morgan fingerprint density at radius 3 is 2.73 bits per heavy atom. The van der Waals surface area contributed by atoms with Crippen molar-refractivity contribution in [1.29, 1.82) is 0 Å². The maximum absolute atomic E-state index is 12.2. The molecule has 0 radical (unpaired) electrons. The molecule has 1 amide bonds. The fourth-order valence-electron chi connectivity index (χ4n) is 2.65. The summed E-state index contributed by atoms with van der Waals surface area (Å²) in [7, 11) is 0. The number of rotatable bonds is 5. The van der Waals surface area contributed by atoms with Gasteiger partial charge in [0.05, 0.1) is 13.2 Å². The Labute approximate surface area is 132 Å². The normalized spacial score (nSPS) is 19.6. The van der Waals surface area contributed by atoms with Gasteiger partial charge in [0.2, 0.25) is 5.91 Å². The molecule has 2 rings (SSSR count). The Bertz CT molecular complexity index is 499. The molecule has 5 nitrogen and oxygen atoms in total. The molecule has 1 atom stereocenters. The molecule has 1 fully saturated rings. The van der Waals surface area contributed by atoms with Gasteiger partial charge in [-0.05, 0) is 26.3 Å².